The van der Waals surface area contributed by atoms with E-state index in [2.05, 4.69) is 22.2 Å². The summed E-state index contributed by atoms with van der Waals surface area (Å²) in [6, 6.07) is 5.19. The number of rotatable bonds is 5. The first-order valence-electron chi connectivity index (χ1n) is 7.13. The number of nitrogens with one attached hydrogen (secondary N) is 1. The Balaban J connectivity index is 0.00000242. The number of piperazine rings is 1. The number of hydrogen-bond acceptors (Lipinski definition) is 4. The van der Waals surface area contributed by atoms with Crippen molar-refractivity contribution in [3.8, 4) is 5.75 Å². The molecule has 1 fully saturated rings. The number of nitrogens with zero attached hydrogens (tertiary/aromatic N) is 2. The number of halogens is 2. The third kappa shape index (κ3) is 5.65. The van der Waals surface area contributed by atoms with E-state index in [4.69, 9.17) is 16.3 Å². The van der Waals surface area contributed by atoms with E-state index in [1.165, 1.54) is 0 Å². The normalized spacial score (nSPS) is 16.0. The first-order chi connectivity index (χ1) is 10.1. The summed E-state index contributed by atoms with van der Waals surface area (Å²) in [4.78, 5) is 16.7. The van der Waals surface area contributed by atoms with Crippen molar-refractivity contribution in [2.24, 2.45) is 0 Å². The number of likely N-dealkylation sites (N-methyl/N-ethyl adjacent to an activating group) is 1. The monoisotopic (exact) mass is 347 g/mol. The molecule has 0 spiro atoms. The van der Waals surface area contributed by atoms with Crippen LogP contribution < -0.4 is 10.1 Å². The molecule has 22 heavy (non-hydrogen) atoms. The number of amides is 1. The van der Waals surface area contributed by atoms with Crippen molar-refractivity contribution in [3.05, 3.63) is 23.2 Å². The van der Waals surface area contributed by atoms with Crippen molar-refractivity contribution in [1.29, 1.82) is 0 Å². The van der Waals surface area contributed by atoms with Gasteiger partial charge in [-0.05, 0) is 25.2 Å². The maximum absolute atomic E-state index is 12.1. The summed E-state index contributed by atoms with van der Waals surface area (Å²) in [6.45, 7) is 4.94. The van der Waals surface area contributed by atoms with Gasteiger partial charge in [0.2, 0.25) is 5.91 Å². The predicted octanol–water partition coefficient (Wildman–Crippen LogP) is 2.35. The molecule has 0 atom stereocenters. The van der Waals surface area contributed by atoms with Crippen LogP contribution in [0.4, 0.5) is 5.69 Å². The highest BCUT2D eigenvalue weighted by molar-refractivity contribution is 6.31. The largest absolute Gasteiger partial charge is 0.495 e. The minimum absolute atomic E-state index is 0. The molecule has 0 aliphatic carbocycles. The number of anilines is 1. The first-order valence-corrected chi connectivity index (χ1v) is 7.50. The van der Waals surface area contributed by atoms with Gasteiger partial charge in [0.1, 0.15) is 5.75 Å². The summed E-state index contributed by atoms with van der Waals surface area (Å²) in [5.41, 5.74) is 0.619. The van der Waals surface area contributed by atoms with E-state index in [1.54, 1.807) is 25.3 Å². The van der Waals surface area contributed by atoms with E-state index in [-0.39, 0.29) is 18.3 Å². The fourth-order valence-electron chi connectivity index (χ4n) is 2.32. The molecule has 1 aliphatic heterocycles. The van der Waals surface area contributed by atoms with Crippen molar-refractivity contribution >= 4 is 35.6 Å². The number of benzene rings is 1. The van der Waals surface area contributed by atoms with E-state index in [0.717, 1.165) is 32.7 Å². The number of ether oxygens (including phenoxy) is 1. The van der Waals surface area contributed by atoms with Crippen LogP contribution in [0.25, 0.3) is 0 Å². The third-order valence-corrected chi connectivity index (χ3v) is 3.92. The maximum Gasteiger partial charge on any atom is 0.225 e. The summed E-state index contributed by atoms with van der Waals surface area (Å²) >= 11 is 5.95. The number of carbonyl (C=O) groups is 1. The van der Waals surface area contributed by atoms with Crippen LogP contribution in [0.1, 0.15) is 6.42 Å². The van der Waals surface area contributed by atoms with Gasteiger partial charge < -0.3 is 19.9 Å². The van der Waals surface area contributed by atoms with Crippen molar-refractivity contribution < 1.29 is 9.53 Å². The zero-order valence-electron chi connectivity index (χ0n) is 13.0. The first kappa shape index (κ1) is 19.0. The van der Waals surface area contributed by atoms with E-state index in [0.29, 0.717) is 22.9 Å². The fourth-order valence-corrected chi connectivity index (χ4v) is 2.49. The number of hydrogen-bond donors (Lipinski definition) is 1. The molecule has 5 nitrogen and oxygen atoms in total. The highest BCUT2D eigenvalue weighted by atomic mass is 35.5. The molecule has 7 heteroatoms. The Morgan fingerprint density at radius 3 is 2.64 bits per heavy atom. The highest BCUT2D eigenvalue weighted by Crippen LogP contribution is 2.27. The van der Waals surface area contributed by atoms with Crippen LogP contribution in [0.15, 0.2) is 18.2 Å². The molecule has 1 N–H and O–H groups in total. The molecule has 1 aromatic rings. The van der Waals surface area contributed by atoms with Crippen molar-refractivity contribution in [2.75, 3.05) is 52.2 Å². The lowest BCUT2D eigenvalue weighted by atomic mass is 10.2. The van der Waals surface area contributed by atoms with Gasteiger partial charge in [0, 0.05) is 44.2 Å². The molecule has 0 unspecified atom stereocenters. The molecular formula is C15H23Cl2N3O2. The zero-order valence-corrected chi connectivity index (χ0v) is 14.5. The van der Waals surface area contributed by atoms with Crippen LogP contribution in [0.5, 0.6) is 5.75 Å². The minimum atomic E-state index is -0.0190. The zero-order chi connectivity index (χ0) is 15.2. The molecule has 1 aromatic carbocycles. The molecule has 0 radical (unpaired) electrons. The Hall–Kier alpha value is -1.01. The van der Waals surface area contributed by atoms with Crippen LogP contribution in [0, 0.1) is 0 Å². The molecule has 124 valence electrons. The van der Waals surface area contributed by atoms with Crippen LogP contribution in [-0.2, 0) is 4.79 Å². The summed E-state index contributed by atoms with van der Waals surface area (Å²) in [7, 11) is 3.69. The molecule has 0 bridgehead atoms. The van der Waals surface area contributed by atoms with Crippen molar-refractivity contribution in [1.82, 2.24) is 9.80 Å². The Kier molecular flexibility index (Phi) is 7.96. The third-order valence-electron chi connectivity index (χ3n) is 3.69. The van der Waals surface area contributed by atoms with Gasteiger partial charge in [0.25, 0.3) is 0 Å². The Morgan fingerprint density at radius 2 is 2.00 bits per heavy atom. The lowest BCUT2D eigenvalue weighted by Gasteiger charge is -2.32. The van der Waals surface area contributed by atoms with Gasteiger partial charge in [-0.3, -0.25) is 4.79 Å². The van der Waals surface area contributed by atoms with Crippen molar-refractivity contribution in [2.45, 2.75) is 6.42 Å². The molecule has 0 aromatic heterocycles. The van der Waals surface area contributed by atoms with Crippen LogP contribution in [-0.4, -0.2) is 62.6 Å². The van der Waals surface area contributed by atoms with E-state index >= 15 is 0 Å². The summed E-state index contributed by atoms with van der Waals surface area (Å²) in [5.74, 6) is 0.599. The van der Waals surface area contributed by atoms with Gasteiger partial charge in [-0.25, -0.2) is 0 Å². The lowest BCUT2D eigenvalue weighted by molar-refractivity contribution is -0.116. The second-order valence-corrected chi connectivity index (χ2v) is 5.72. The Morgan fingerprint density at radius 1 is 1.32 bits per heavy atom. The Bertz CT molecular complexity index is 492. The van der Waals surface area contributed by atoms with Gasteiger partial charge in [-0.15, -0.1) is 12.4 Å². The van der Waals surface area contributed by atoms with Crippen LogP contribution in [0.2, 0.25) is 5.02 Å². The second kappa shape index (κ2) is 9.20. The molecule has 1 heterocycles. The van der Waals surface area contributed by atoms with E-state index in [1.807, 2.05) is 0 Å². The second-order valence-electron chi connectivity index (χ2n) is 5.29. The van der Waals surface area contributed by atoms with Gasteiger partial charge in [-0.2, -0.15) is 0 Å². The fraction of sp³-hybridized carbons (Fsp3) is 0.533. The standard InChI is InChI=1S/C15H22ClN3O2.ClH/c1-18-7-9-19(10-8-18)6-5-15(20)17-13-11-12(16)3-4-14(13)21-2;/h3-4,11H,5-10H2,1-2H3,(H,17,20);1H. The molecule has 1 saturated heterocycles. The molecule has 2 rings (SSSR count). The summed E-state index contributed by atoms with van der Waals surface area (Å²) in [5, 5.41) is 3.44. The average Bonchev–Trinajstić information content (AvgIpc) is 2.47. The molecule has 1 aliphatic rings. The SMILES string of the molecule is COc1ccc(Cl)cc1NC(=O)CCN1CCN(C)CC1.Cl. The van der Waals surface area contributed by atoms with Gasteiger partial charge in [-0.1, -0.05) is 11.6 Å². The van der Waals surface area contributed by atoms with Crippen molar-refractivity contribution in [3.63, 3.8) is 0 Å². The summed E-state index contributed by atoms with van der Waals surface area (Å²) < 4.78 is 5.22. The van der Waals surface area contributed by atoms with E-state index in [9.17, 15) is 4.79 Å². The quantitative estimate of drug-likeness (QED) is 0.887. The molecular weight excluding hydrogens is 325 g/mol. The van der Waals surface area contributed by atoms with Gasteiger partial charge in [0.05, 0.1) is 12.8 Å². The smallest absolute Gasteiger partial charge is 0.225 e. The predicted molar refractivity (Wildman–Crippen MR) is 92.4 cm³/mol. The number of carbonyl (C=O) groups excluding carboxylic acids is 1. The molecule has 1 amide bonds. The Labute approximate surface area is 143 Å². The lowest BCUT2D eigenvalue weighted by Crippen LogP contribution is -2.45. The number of methoxy groups -OCH3 is 1. The van der Waals surface area contributed by atoms with E-state index < -0.39 is 0 Å². The topological polar surface area (TPSA) is 44.8 Å². The summed E-state index contributed by atoms with van der Waals surface area (Å²) in [6.07, 6.45) is 0.472. The van der Waals surface area contributed by atoms with Gasteiger partial charge in [0.15, 0.2) is 0 Å². The highest BCUT2D eigenvalue weighted by Gasteiger charge is 2.15. The van der Waals surface area contributed by atoms with Gasteiger partial charge >= 0.3 is 0 Å². The molecule has 0 saturated carbocycles. The van der Waals surface area contributed by atoms with Crippen LogP contribution >= 0.6 is 24.0 Å². The van der Waals surface area contributed by atoms with Crippen LogP contribution in [0.3, 0.4) is 0 Å². The average molecular weight is 348 g/mol. The maximum atomic E-state index is 12.1. The minimum Gasteiger partial charge on any atom is -0.495 e.